The fourth-order valence-electron chi connectivity index (χ4n) is 2.79. The van der Waals surface area contributed by atoms with Gasteiger partial charge in [0.25, 0.3) is 0 Å². The van der Waals surface area contributed by atoms with E-state index in [9.17, 15) is 0 Å². The summed E-state index contributed by atoms with van der Waals surface area (Å²) >= 11 is 7.16. The zero-order valence-corrected chi connectivity index (χ0v) is 15.2. The molecule has 1 N–H and O–H groups in total. The van der Waals surface area contributed by atoms with Gasteiger partial charge in [-0.2, -0.15) is 0 Å². The lowest BCUT2D eigenvalue weighted by atomic mass is 10.1. The van der Waals surface area contributed by atoms with E-state index in [1.54, 1.807) is 0 Å². The third-order valence-corrected chi connectivity index (χ3v) is 4.86. The Kier molecular flexibility index (Phi) is 6.85. The maximum absolute atomic E-state index is 5.78. The normalized spacial score (nSPS) is 16.9. The largest absolute Gasteiger partial charge is 0.492 e. The van der Waals surface area contributed by atoms with E-state index in [-0.39, 0.29) is 0 Å². The van der Waals surface area contributed by atoms with E-state index in [0.29, 0.717) is 12.6 Å². The number of hydrogen-bond acceptors (Lipinski definition) is 2. The summed E-state index contributed by atoms with van der Waals surface area (Å²) in [6, 6.07) is 4.85. The molecule has 0 aromatic heterocycles. The van der Waals surface area contributed by atoms with E-state index < -0.39 is 0 Å². The van der Waals surface area contributed by atoms with Gasteiger partial charge in [-0.1, -0.05) is 41.6 Å². The summed E-state index contributed by atoms with van der Waals surface area (Å²) < 4.78 is 7.89. The van der Waals surface area contributed by atoms with Crippen LogP contribution in [-0.2, 0) is 6.54 Å². The minimum atomic E-state index is 0.657. The van der Waals surface area contributed by atoms with Crippen LogP contribution >= 0.6 is 31.9 Å². The summed E-state index contributed by atoms with van der Waals surface area (Å²) in [5, 5.41) is 3.71. The van der Waals surface area contributed by atoms with Crippen LogP contribution in [0.15, 0.2) is 21.1 Å². The fourth-order valence-corrected chi connectivity index (χ4v) is 4.22. The lowest BCUT2D eigenvalue weighted by Crippen LogP contribution is -2.28. The minimum absolute atomic E-state index is 0.657. The molecular formula is C16H23Br2NO. The molecular weight excluding hydrogens is 382 g/mol. The Morgan fingerprint density at radius 2 is 1.85 bits per heavy atom. The van der Waals surface area contributed by atoms with Crippen LogP contribution in [0.3, 0.4) is 0 Å². The lowest BCUT2D eigenvalue weighted by Gasteiger charge is -2.19. The van der Waals surface area contributed by atoms with Crippen molar-refractivity contribution in [1.29, 1.82) is 0 Å². The first-order chi connectivity index (χ1) is 9.70. The average Bonchev–Trinajstić information content (AvgIpc) is 2.68. The Morgan fingerprint density at radius 3 is 2.50 bits per heavy atom. The fraction of sp³-hybridized carbons (Fsp3) is 0.625. The number of ether oxygens (including phenoxy) is 1. The second-order valence-corrected chi connectivity index (χ2v) is 7.15. The van der Waals surface area contributed by atoms with Crippen LogP contribution in [0.4, 0.5) is 0 Å². The molecule has 112 valence electrons. The molecule has 2 rings (SSSR count). The van der Waals surface area contributed by atoms with Crippen molar-refractivity contribution < 1.29 is 4.74 Å². The smallest absolute Gasteiger partial charge is 0.138 e. The summed E-state index contributed by atoms with van der Waals surface area (Å²) in [6.07, 6.45) is 8.12. The van der Waals surface area contributed by atoms with E-state index in [1.165, 1.54) is 44.1 Å². The quantitative estimate of drug-likeness (QED) is 0.661. The van der Waals surface area contributed by atoms with Gasteiger partial charge in [0.2, 0.25) is 0 Å². The van der Waals surface area contributed by atoms with Crippen molar-refractivity contribution in [2.45, 2.75) is 58.0 Å². The maximum Gasteiger partial charge on any atom is 0.138 e. The van der Waals surface area contributed by atoms with Crippen LogP contribution in [0.25, 0.3) is 0 Å². The molecule has 0 unspecified atom stereocenters. The molecule has 1 fully saturated rings. The van der Waals surface area contributed by atoms with E-state index in [0.717, 1.165) is 21.2 Å². The van der Waals surface area contributed by atoms with Crippen LogP contribution < -0.4 is 10.1 Å². The Balaban J connectivity index is 2.03. The third kappa shape index (κ3) is 4.74. The van der Waals surface area contributed by atoms with Gasteiger partial charge in [0, 0.05) is 22.6 Å². The first-order valence-corrected chi connectivity index (χ1v) is 9.13. The van der Waals surface area contributed by atoms with Gasteiger partial charge in [-0.3, -0.25) is 0 Å². The molecule has 20 heavy (non-hydrogen) atoms. The molecule has 0 saturated heterocycles. The van der Waals surface area contributed by atoms with Crippen LogP contribution in [0.5, 0.6) is 5.75 Å². The Bertz CT molecular complexity index is 429. The van der Waals surface area contributed by atoms with Crippen LogP contribution in [0.2, 0.25) is 0 Å². The number of benzene rings is 1. The highest BCUT2D eigenvalue weighted by molar-refractivity contribution is 9.11. The highest BCUT2D eigenvalue weighted by Gasteiger charge is 2.14. The molecule has 0 bridgehead atoms. The van der Waals surface area contributed by atoms with Gasteiger partial charge < -0.3 is 10.1 Å². The van der Waals surface area contributed by atoms with Crippen molar-refractivity contribution in [3.05, 3.63) is 26.6 Å². The first kappa shape index (κ1) is 16.3. The SMILES string of the molecule is CCOc1c(Br)cc(Br)cc1CNC1CCCCCC1. The first-order valence-electron chi connectivity index (χ1n) is 7.54. The molecule has 0 amide bonds. The molecule has 4 heteroatoms. The van der Waals surface area contributed by atoms with Gasteiger partial charge in [0.05, 0.1) is 11.1 Å². The lowest BCUT2D eigenvalue weighted by molar-refractivity contribution is 0.331. The molecule has 1 saturated carbocycles. The summed E-state index contributed by atoms with van der Waals surface area (Å²) in [7, 11) is 0. The molecule has 0 heterocycles. The van der Waals surface area contributed by atoms with Crippen LogP contribution in [-0.4, -0.2) is 12.6 Å². The van der Waals surface area contributed by atoms with Gasteiger partial charge in [0.15, 0.2) is 0 Å². The number of halogens is 2. The molecule has 2 nitrogen and oxygen atoms in total. The monoisotopic (exact) mass is 403 g/mol. The van der Waals surface area contributed by atoms with Gasteiger partial charge in [-0.15, -0.1) is 0 Å². The zero-order chi connectivity index (χ0) is 14.4. The van der Waals surface area contributed by atoms with E-state index in [2.05, 4.69) is 43.2 Å². The molecule has 1 aliphatic carbocycles. The highest BCUT2D eigenvalue weighted by atomic mass is 79.9. The Labute approximate surface area is 138 Å². The van der Waals surface area contributed by atoms with Gasteiger partial charge >= 0.3 is 0 Å². The van der Waals surface area contributed by atoms with E-state index in [4.69, 9.17) is 4.74 Å². The average molecular weight is 405 g/mol. The minimum Gasteiger partial charge on any atom is -0.492 e. The van der Waals surface area contributed by atoms with Crippen molar-refractivity contribution in [2.75, 3.05) is 6.61 Å². The van der Waals surface area contributed by atoms with Crippen molar-refractivity contribution >= 4 is 31.9 Å². The molecule has 0 aliphatic heterocycles. The third-order valence-electron chi connectivity index (χ3n) is 3.81. The zero-order valence-electron chi connectivity index (χ0n) is 12.1. The van der Waals surface area contributed by atoms with Gasteiger partial charge in [0.1, 0.15) is 5.75 Å². The predicted octanol–water partition coefficient (Wildman–Crippen LogP) is 5.42. The van der Waals surface area contributed by atoms with Gasteiger partial charge in [-0.05, 0) is 47.8 Å². The number of hydrogen-bond donors (Lipinski definition) is 1. The van der Waals surface area contributed by atoms with Crippen molar-refractivity contribution in [1.82, 2.24) is 5.32 Å². The predicted molar refractivity (Wildman–Crippen MR) is 91.3 cm³/mol. The number of rotatable bonds is 5. The Hall–Kier alpha value is -0.0600. The van der Waals surface area contributed by atoms with Crippen LogP contribution in [0, 0.1) is 0 Å². The maximum atomic E-state index is 5.78. The summed E-state index contributed by atoms with van der Waals surface area (Å²) in [5.74, 6) is 0.969. The van der Waals surface area contributed by atoms with Crippen LogP contribution in [0.1, 0.15) is 51.0 Å². The highest BCUT2D eigenvalue weighted by Crippen LogP contribution is 2.33. The molecule has 1 aromatic carbocycles. The summed E-state index contributed by atoms with van der Waals surface area (Å²) in [5.41, 5.74) is 1.22. The second kappa shape index (κ2) is 8.40. The molecule has 0 spiro atoms. The molecule has 1 aromatic rings. The van der Waals surface area contributed by atoms with E-state index >= 15 is 0 Å². The summed E-state index contributed by atoms with van der Waals surface area (Å²) in [6.45, 7) is 3.59. The Morgan fingerprint density at radius 1 is 1.15 bits per heavy atom. The molecule has 0 radical (unpaired) electrons. The van der Waals surface area contributed by atoms with Gasteiger partial charge in [-0.25, -0.2) is 0 Å². The van der Waals surface area contributed by atoms with Crippen molar-refractivity contribution in [3.63, 3.8) is 0 Å². The molecule has 1 aliphatic rings. The summed E-state index contributed by atoms with van der Waals surface area (Å²) in [4.78, 5) is 0. The van der Waals surface area contributed by atoms with Crippen molar-refractivity contribution in [3.8, 4) is 5.75 Å². The molecule has 0 atom stereocenters. The van der Waals surface area contributed by atoms with E-state index in [1.807, 2.05) is 13.0 Å². The van der Waals surface area contributed by atoms with Crippen molar-refractivity contribution in [2.24, 2.45) is 0 Å². The second-order valence-electron chi connectivity index (χ2n) is 5.38. The standard InChI is InChI=1S/C16H23Br2NO/c1-2-20-16-12(9-13(17)10-15(16)18)11-19-14-7-5-3-4-6-8-14/h9-10,14,19H,2-8,11H2,1H3. The topological polar surface area (TPSA) is 21.3 Å². The number of nitrogens with one attached hydrogen (secondary N) is 1.